The van der Waals surface area contributed by atoms with Crippen LogP contribution in [-0.4, -0.2) is 31.1 Å². The number of allylic oxidation sites excluding steroid dienone is 2. The third-order valence-electron chi connectivity index (χ3n) is 3.61. The minimum absolute atomic E-state index is 0.610. The van der Waals surface area contributed by atoms with E-state index < -0.39 is 0 Å². The van der Waals surface area contributed by atoms with E-state index in [2.05, 4.69) is 47.6 Å². The first-order valence-corrected chi connectivity index (χ1v) is 8.02. The zero-order valence-electron chi connectivity index (χ0n) is 13.0. The fourth-order valence-electron chi connectivity index (χ4n) is 2.51. The number of benzene rings is 1. The van der Waals surface area contributed by atoms with Gasteiger partial charge in [-0.1, -0.05) is 18.2 Å². The van der Waals surface area contributed by atoms with Crippen molar-refractivity contribution in [2.24, 2.45) is 0 Å². The number of quaternary nitrogens is 1. The molecule has 1 saturated heterocycles. The number of likely N-dealkylation sites (tertiary alicyclic amines) is 1. The Balaban J connectivity index is 1.73. The Hall–Kier alpha value is -1.74. The highest BCUT2D eigenvalue weighted by molar-refractivity contribution is 5.44. The molecule has 0 saturated carbocycles. The molecule has 2 rings (SSSR count). The van der Waals surface area contributed by atoms with Gasteiger partial charge in [-0.25, -0.2) is 0 Å². The summed E-state index contributed by atoms with van der Waals surface area (Å²) in [4.78, 5) is 2.39. The molecule has 0 spiro atoms. The molecule has 1 aliphatic heterocycles. The molecule has 0 unspecified atom stereocenters. The van der Waals surface area contributed by atoms with E-state index in [9.17, 15) is 0 Å². The van der Waals surface area contributed by atoms with Crippen LogP contribution in [0.4, 0.5) is 5.69 Å². The summed E-state index contributed by atoms with van der Waals surface area (Å²) in [5.74, 6) is 0.962. The number of hydrogen-bond acceptors (Lipinski definition) is 2. The predicted molar refractivity (Wildman–Crippen MR) is 87.8 cm³/mol. The highest BCUT2D eigenvalue weighted by Gasteiger charge is 2.05. The monoisotopic (exact) mass is 287 g/mol. The Labute approximate surface area is 128 Å². The average Bonchev–Trinajstić information content (AvgIpc) is 2.53. The van der Waals surface area contributed by atoms with Crippen molar-refractivity contribution in [3.05, 3.63) is 48.7 Å². The second-order valence-electron chi connectivity index (χ2n) is 5.33. The summed E-state index contributed by atoms with van der Waals surface area (Å²) in [5, 5.41) is 2.19. The van der Waals surface area contributed by atoms with E-state index in [-0.39, 0.29) is 0 Å². The lowest BCUT2D eigenvalue weighted by molar-refractivity contribution is -0.568. The van der Waals surface area contributed by atoms with Gasteiger partial charge in [0, 0.05) is 19.2 Å². The van der Waals surface area contributed by atoms with Gasteiger partial charge in [0.15, 0.2) is 11.4 Å². The van der Waals surface area contributed by atoms with Gasteiger partial charge in [0.1, 0.15) is 6.61 Å². The highest BCUT2D eigenvalue weighted by atomic mass is 16.5. The van der Waals surface area contributed by atoms with Gasteiger partial charge in [-0.2, -0.15) is 0 Å². The molecule has 0 bridgehead atoms. The van der Waals surface area contributed by atoms with Crippen LogP contribution in [-0.2, 0) is 0 Å². The van der Waals surface area contributed by atoms with Crippen LogP contribution in [0, 0.1) is 0 Å². The molecule has 2 N–H and O–H groups in total. The lowest BCUT2D eigenvalue weighted by Gasteiger charge is -2.24. The summed E-state index contributed by atoms with van der Waals surface area (Å²) in [6.45, 7) is 6.16. The molecule has 0 atom stereocenters. The largest absolute Gasteiger partial charge is 0.483 e. The van der Waals surface area contributed by atoms with E-state index in [0.717, 1.165) is 12.3 Å². The summed E-state index contributed by atoms with van der Waals surface area (Å²) in [5.41, 5.74) is 1.18. The van der Waals surface area contributed by atoms with Crippen molar-refractivity contribution in [2.45, 2.75) is 26.2 Å². The smallest absolute Gasteiger partial charge is 0.180 e. The molecule has 1 aromatic rings. The molecule has 1 fully saturated rings. The van der Waals surface area contributed by atoms with Crippen molar-refractivity contribution in [1.82, 2.24) is 4.90 Å². The molecular weight excluding hydrogens is 260 g/mol. The maximum atomic E-state index is 5.82. The van der Waals surface area contributed by atoms with E-state index in [1.807, 2.05) is 18.2 Å². The fourth-order valence-corrected chi connectivity index (χ4v) is 2.51. The van der Waals surface area contributed by atoms with Crippen molar-refractivity contribution >= 4 is 5.69 Å². The molecule has 0 radical (unpaired) electrons. The number of nitrogens with two attached hydrogens (primary N) is 1. The molecule has 3 heteroatoms. The first-order chi connectivity index (χ1) is 10.4. The topological polar surface area (TPSA) is 29.1 Å². The second-order valence-corrected chi connectivity index (χ2v) is 5.33. The number of piperidine rings is 1. The Kier molecular flexibility index (Phi) is 6.89. The van der Waals surface area contributed by atoms with Crippen LogP contribution in [0.25, 0.3) is 0 Å². The zero-order valence-corrected chi connectivity index (χ0v) is 13.0. The van der Waals surface area contributed by atoms with Gasteiger partial charge in [-0.05, 0) is 50.6 Å². The van der Waals surface area contributed by atoms with Crippen LogP contribution in [0.5, 0.6) is 5.75 Å². The van der Waals surface area contributed by atoms with Crippen molar-refractivity contribution in [1.29, 1.82) is 0 Å². The summed E-state index contributed by atoms with van der Waals surface area (Å²) in [7, 11) is 0. The molecule has 21 heavy (non-hydrogen) atoms. The molecule has 1 aliphatic rings. The van der Waals surface area contributed by atoms with E-state index >= 15 is 0 Å². The fraction of sp³-hybridized carbons (Fsp3) is 0.444. The summed E-state index contributed by atoms with van der Waals surface area (Å²) < 4.78 is 5.82. The van der Waals surface area contributed by atoms with Crippen LogP contribution < -0.4 is 10.1 Å². The van der Waals surface area contributed by atoms with Crippen molar-refractivity contribution < 1.29 is 10.1 Å². The first-order valence-electron chi connectivity index (χ1n) is 8.02. The normalized spacial score (nSPS) is 16.0. The molecular formula is C18H27N2O+. The molecule has 0 amide bonds. The number of rotatable bonds is 7. The second kappa shape index (κ2) is 9.24. The van der Waals surface area contributed by atoms with Gasteiger partial charge < -0.3 is 15.0 Å². The average molecular weight is 287 g/mol. The van der Waals surface area contributed by atoms with Gasteiger partial charge in [0.25, 0.3) is 0 Å². The molecule has 1 aromatic carbocycles. The van der Waals surface area contributed by atoms with Crippen molar-refractivity contribution in [3.63, 3.8) is 0 Å². The standard InChI is InChI=1S/C18H26N2O/c1-2-19-17-11-5-6-12-18(17)21-16-10-4-9-15-20-13-7-3-8-14-20/h4-6,9-12,15,19H,2-3,7-8,13-14,16H2,1H3/p+1/b10-4+,15-9+. The van der Waals surface area contributed by atoms with Crippen LogP contribution in [0.15, 0.2) is 48.7 Å². The predicted octanol–water partition coefficient (Wildman–Crippen LogP) is 2.84. The lowest BCUT2D eigenvalue weighted by atomic mass is 10.1. The van der Waals surface area contributed by atoms with E-state index in [0.29, 0.717) is 6.61 Å². The molecule has 3 nitrogen and oxygen atoms in total. The Bertz CT molecular complexity index is 462. The number of para-hydroxylation sites is 2. The zero-order chi connectivity index (χ0) is 14.8. The van der Waals surface area contributed by atoms with Crippen molar-refractivity contribution in [3.8, 4) is 5.75 Å². The van der Waals surface area contributed by atoms with Gasteiger partial charge in [0.2, 0.25) is 0 Å². The van der Waals surface area contributed by atoms with Crippen LogP contribution in [0.1, 0.15) is 26.2 Å². The van der Waals surface area contributed by atoms with Gasteiger partial charge in [-0.3, -0.25) is 0 Å². The van der Waals surface area contributed by atoms with Gasteiger partial charge >= 0.3 is 0 Å². The van der Waals surface area contributed by atoms with Crippen LogP contribution in [0.3, 0.4) is 0 Å². The number of ether oxygens (including phenoxy) is 1. The van der Waals surface area contributed by atoms with E-state index in [4.69, 9.17) is 4.74 Å². The summed E-state index contributed by atoms with van der Waals surface area (Å²) in [6, 6.07) is 8.19. The molecule has 114 valence electrons. The minimum atomic E-state index is 0.610. The quantitative estimate of drug-likeness (QED) is 0.617. The first kappa shape index (κ1) is 15.6. The lowest BCUT2D eigenvalue weighted by Crippen LogP contribution is -2.77. The maximum Gasteiger partial charge on any atom is 0.180 e. The molecule has 0 aromatic heterocycles. The maximum absolute atomic E-state index is 5.82. The van der Waals surface area contributed by atoms with Crippen LogP contribution in [0.2, 0.25) is 0 Å². The Morgan fingerprint density at radius 2 is 1.95 bits per heavy atom. The Morgan fingerprint density at radius 1 is 1.14 bits per heavy atom. The number of hydrogen-bond donors (Lipinski definition) is 1. The minimum Gasteiger partial charge on any atom is -0.483 e. The van der Waals surface area contributed by atoms with E-state index in [1.165, 1.54) is 38.0 Å². The molecule has 0 aliphatic carbocycles. The number of nitrogens with zero attached hydrogens (tertiary/aromatic N) is 1. The van der Waals surface area contributed by atoms with Gasteiger partial charge in [-0.15, -0.1) is 0 Å². The van der Waals surface area contributed by atoms with E-state index in [1.54, 1.807) is 0 Å². The SMILES string of the molecule is CC[NH2+]c1ccccc1OC/C=C/C=C/N1CCCCC1. The highest BCUT2D eigenvalue weighted by Crippen LogP contribution is 2.18. The third-order valence-corrected chi connectivity index (χ3v) is 3.61. The molecule has 1 heterocycles. The summed E-state index contributed by atoms with van der Waals surface area (Å²) in [6.07, 6.45) is 12.4. The Morgan fingerprint density at radius 3 is 2.76 bits per heavy atom. The summed E-state index contributed by atoms with van der Waals surface area (Å²) >= 11 is 0. The van der Waals surface area contributed by atoms with Gasteiger partial charge in [0.05, 0.1) is 6.54 Å². The van der Waals surface area contributed by atoms with Crippen LogP contribution >= 0.6 is 0 Å². The third kappa shape index (κ3) is 5.64. The van der Waals surface area contributed by atoms with Crippen molar-refractivity contribution in [2.75, 3.05) is 26.2 Å².